The lowest BCUT2D eigenvalue weighted by Crippen LogP contribution is -2.47. The molecule has 1 amide bonds. The van der Waals surface area contributed by atoms with E-state index in [1.165, 1.54) is 24.6 Å². The van der Waals surface area contributed by atoms with Crippen LogP contribution in [0.15, 0.2) is 53.4 Å². The molecule has 1 saturated heterocycles. The fourth-order valence-corrected chi connectivity index (χ4v) is 5.43. The van der Waals surface area contributed by atoms with Gasteiger partial charge in [-0.3, -0.25) is 4.79 Å². The van der Waals surface area contributed by atoms with Gasteiger partial charge in [-0.05, 0) is 37.1 Å². The van der Waals surface area contributed by atoms with Crippen LogP contribution in [-0.2, 0) is 14.8 Å². The number of piperidine rings is 1. The maximum Gasteiger partial charge on any atom is 0.246 e. The van der Waals surface area contributed by atoms with Crippen molar-refractivity contribution in [2.24, 2.45) is 11.1 Å². The molecule has 0 spiro atoms. The van der Waals surface area contributed by atoms with Gasteiger partial charge >= 0.3 is 0 Å². The molecule has 2 aromatic carbocycles. The highest BCUT2D eigenvalue weighted by Crippen LogP contribution is 2.39. The molecular formula is C22H28N2O6S. The summed E-state index contributed by atoms with van der Waals surface area (Å²) in [5.74, 6) is 0.947. The number of nitrogens with zero attached hydrogens (tertiary/aromatic N) is 1. The van der Waals surface area contributed by atoms with Crippen LogP contribution in [0.1, 0.15) is 19.3 Å². The van der Waals surface area contributed by atoms with Crippen LogP contribution in [0.4, 0.5) is 0 Å². The molecule has 0 atom stereocenters. The molecule has 9 heteroatoms. The first-order valence-electron chi connectivity index (χ1n) is 9.98. The number of sulfonamides is 1. The molecule has 2 N–H and O–H groups in total. The van der Waals surface area contributed by atoms with Gasteiger partial charge in [-0.15, -0.1) is 0 Å². The standard InChI is InChI=1S/C22H28N2O6S/c1-28-18-8-9-19(29-2)20(14-18)31(26,27)24-12-10-22(11-13-24,15-21(23)25)16-30-17-6-4-3-5-7-17/h3-9,14H,10-13,15-16H2,1-2H3,(H2,23,25). The molecule has 0 saturated carbocycles. The molecule has 0 unspecified atom stereocenters. The van der Waals surface area contributed by atoms with Gasteiger partial charge in [-0.2, -0.15) is 4.31 Å². The number of hydrogen-bond acceptors (Lipinski definition) is 6. The summed E-state index contributed by atoms with van der Waals surface area (Å²) >= 11 is 0. The summed E-state index contributed by atoms with van der Waals surface area (Å²) in [7, 11) is -0.909. The number of para-hydroxylation sites is 1. The van der Waals surface area contributed by atoms with Crippen molar-refractivity contribution in [2.75, 3.05) is 33.9 Å². The summed E-state index contributed by atoms with van der Waals surface area (Å²) in [5.41, 5.74) is 4.98. The highest BCUT2D eigenvalue weighted by molar-refractivity contribution is 7.89. The zero-order valence-electron chi connectivity index (χ0n) is 17.7. The number of rotatable bonds is 9. The van der Waals surface area contributed by atoms with Crippen molar-refractivity contribution in [3.05, 3.63) is 48.5 Å². The molecule has 0 bridgehead atoms. The summed E-state index contributed by atoms with van der Waals surface area (Å²) in [6, 6.07) is 14.0. The van der Waals surface area contributed by atoms with Gasteiger partial charge in [-0.1, -0.05) is 18.2 Å². The topological polar surface area (TPSA) is 108 Å². The minimum absolute atomic E-state index is 0.0530. The number of nitrogens with two attached hydrogens (primary N) is 1. The maximum absolute atomic E-state index is 13.3. The molecule has 1 aliphatic rings. The first-order valence-corrected chi connectivity index (χ1v) is 11.4. The molecular weight excluding hydrogens is 420 g/mol. The minimum Gasteiger partial charge on any atom is -0.497 e. The van der Waals surface area contributed by atoms with Gasteiger partial charge in [0.1, 0.15) is 22.1 Å². The van der Waals surface area contributed by atoms with Crippen LogP contribution in [0.3, 0.4) is 0 Å². The molecule has 0 radical (unpaired) electrons. The Hall–Kier alpha value is -2.78. The first kappa shape index (κ1) is 22.9. The Kier molecular flexibility index (Phi) is 7.07. The fourth-order valence-electron chi connectivity index (χ4n) is 3.82. The van der Waals surface area contributed by atoms with E-state index in [2.05, 4.69) is 0 Å². The average molecular weight is 449 g/mol. The Morgan fingerprint density at radius 1 is 1.03 bits per heavy atom. The molecule has 0 aliphatic carbocycles. The zero-order valence-corrected chi connectivity index (χ0v) is 18.6. The summed E-state index contributed by atoms with van der Waals surface area (Å²) in [4.78, 5) is 11.8. The molecule has 168 valence electrons. The zero-order chi connectivity index (χ0) is 22.5. The van der Waals surface area contributed by atoms with Gasteiger partial charge in [0, 0.05) is 31.0 Å². The Labute approximate surface area is 182 Å². The van der Waals surface area contributed by atoms with Gasteiger partial charge in [-0.25, -0.2) is 8.42 Å². The molecule has 2 aromatic rings. The van der Waals surface area contributed by atoms with E-state index in [-0.39, 0.29) is 36.8 Å². The van der Waals surface area contributed by atoms with Crippen molar-refractivity contribution in [2.45, 2.75) is 24.2 Å². The Morgan fingerprint density at radius 3 is 2.29 bits per heavy atom. The summed E-state index contributed by atoms with van der Waals surface area (Å²) < 4.78 is 44.4. The van der Waals surface area contributed by atoms with E-state index in [9.17, 15) is 13.2 Å². The van der Waals surface area contributed by atoms with E-state index in [1.54, 1.807) is 12.1 Å². The average Bonchev–Trinajstić information content (AvgIpc) is 2.78. The summed E-state index contributed by atoms with van der Waals surface area (Å²) in [6.07, 6.45) is 1.04. The lowest BCUT2D eigenvalue weighted by Gasteiger charge is -2.40. The lowest BCUT2D eigenvalue weighted by molar-refractivity contribution is -0.121. The van der Waals surface area contributed by atoms with Gasteiger partial charge in [0.25, 0.3) is 0 Å². The van der Waals surface area contributed by atoms with E-state index in [1.807, 2.05) is 30.3 Å². The van der Waals surface area contributed by atoms with Gasteiger partial charge < -0.3 is 19.9 Å². The number of primary amides is 1. The third-order valence-corrected chi connectivity index (χ3v) is 7.53. The van der Waals surface area contributed by atoms with Crippen LogP contribution < -0.4 is 19.9 Å². The first-order chi connectivity index (χ1) is 14.8. The van der Waals surface area contributed by atoms with Crippen molar-refractivity contribution >= 4 is 15.9 Å². The smallest absolute Gasteiger partial charge is 0.246 e. The van der Waals surface area contributed by atoms with Crippen molar-refractivity contribution in [1.82, 2.24) is 4.31 Å². The quantitative estimate of drug-likeness (QED) is 0.631. The van der Waals surface area contributed by atoms with Crippen LogP contribution in [-0.4, -0.2) is 52.5 Å². The van der Waals surface area contributed by atoms with Gasteiger partial charge in [0.15, 0.2) is 0 Å². The highest BCUT2D eigenvalue weighted by atomic mass is 32.2. The summed E-state index contributed by atoms with van der Waals surface area (Å²) in [6.45, 7) is 0.776. The van der Waals surface area contributed by atoms with Crippen molar-refractivity contribution in [1.29, 1.82) is 0 Å². The van der Waals surface area contributed by atoms with Crippen molar-refractivity contribution < 1.29 is 27.4 Å². The Bertz CT molecular complexity index is 1000. The Morgan fingerprint density at radius 2 is 1.71 bits per heavy atom. The molecule has 1 fully saturated rings. The number of hydrogen-bond donors (Lipinski definition) is 1. The highest BCUT2D eigenvalue weighted by Gasteiger charge is 2.41. The maximum atomic E-state index is 13.3. The van der Waals surface area contributed by atoms with E-state index >= 15 is 0 Å². The number of methoxy groups -OCH3 is 2. The predicted octanol–water partition coefficient (Wildman–Crippen LogP) is 2.43. The van der Waals surface area contributed by atoms with E-state index in [0.717, 1.165) is 0 Å². The lowest BCUT2D eigenvalue weighted by atomic mass is 9.76. The van der Waals surface area contributed by atoms with Crippen LogP contribution >= 0.6 is 0 Å². The predicted molar refractivity (Wildman–Crippen MR) is 116 cm³/mol. The van der Waals surface area contributed by atoms with Crippen molar-refractivity contribution in [3.63, 3.8) is 0 Å². The third-order valence-electron chi connectivity index (χ3n) is 5.61. The van der Waals surface area contributed by atoms with E-state index < -0.39 is 21.3 Å². The second-order valence-electron chi connectivity index (χ2n) is 7.67. The molecule has 1 heterocycles. The van der Waals surface area contributed by atoms with Crippen LogP contribution in [0.25, 0.3) is 0 Å². The van der Waals surface area contributed by atoms with E-state index in [0.29, 0.717) is 24.3 Å². The SMILES string of the molecule is COc1ccc(OC)c(S(=O)(=O)N2CCC(COc3ccccc3)(CC(N)=O)CC2)c1. The summed E-state index contributed by atoms with van der Waals surface area (Å²) in [5, 5.41) is 0. The number of carbonyl (C=O) groups excluding carboxylic acids is 1. The van der Waals surface area contributed by atoms with Crippen LogP contribution in [0.5, 0.6) is 17.2 Å². The van der Waals surface area contributed by atoms with Crippen LogP contribution in [0.2, 0.25) is 0 Å². The normalized spacial score (nSPS) is 16.5. The van der Waals surface area contributed by atoms with Gasteiger partial charge in [0.2, 0.25) is 15.9 Å². The minimum atomic E-state index is -3.81. The van der Waals surface area contributed by atoms with Crippen molar-refractivity contribution in [3.8, 4) is 17.2 Å². The second kappa shape index (κ2) is 9.57. The third kappa shape index (κ3) is 5.29. The Balaban J connectivity index is 1.78. The number of amides is 1. The second-order valence-corrected chi connectivity index (χ2v) is 9.57. The van der Waals surface area contributed by atoms with Gasteiger partial charge in [0.05, 0.1) is 20.8 Å². The number of carbonyl (C=O) groups is 1. The van der Waals surface area contributed by atoms with E-state index in [4.69, 9.17) is 19.9 Å². The molecule has 8 nitrogen and oxygen atoms in total. The monoisotopic (exact) mass is 448 g/mol. The molecule has 3 rings (SSSR count). The molecule has 31 heavy (non-hydrogen) atoms. The fraction of sp³-hybridized carbons (Fsp3) is 0.409. The molecule has 0 aromatic heterocycles. The largest absolute Gasteiger partial charge is 0.497 e. The molecule has 1 aliphatic heterocycles. The number of benzene rings is 2. The number of ether oxygens (including phenoxy) is 3. The van der Waals surface area contributed by atoms with Crippen LogP contribution in [0, 0.1) is 5.41 Å².